The minimum absolute atomic E-state index is 0.0595. The van der Waals surface area contributed by atoms with E-state index in [1.165, 1.54) is 0 Å². The van der Waals surface area contributed by atoms with Gasteiger partial charge in [0.15, 0.2) is 0 Å². The summed E-state index contributed by atoms with van der Waals surface area (Å²) in [5, 5.41) is 6.17. The first-order valence-electron chi connectivity index (χ1n) is 6.85. The summed E-state index contributed by atoms with van der Waals surface area (Å²) in [4.78, 5) is 23.1. The molecule has 5 heteroatoms. The van der Waals surface area contributed by atoms with E-state index in [0.717, 1.165) is 24.0 Å². The summed E-state index contributed by atoms with van der Waals surface area (Å²) in [6.45, 7) is 2.00. The Bertz CT molecular complexity index is 513. The Morgan fingerprint density at radius 3 is 2.70 bits per heavy atom. The average molecular weight is 295 g/mol. The molecule has 0 aliphatic heterocycles. The SMILES string of the molecule is Cc1ccc(CCC(=O)NCC(=O)NC2CC2)cc1Cl. The van der Waals surface area contributed by atoms with E-state index in [1.54, 1.807) is 0 Å². The Kier molecular flexibility index (Phi) is 5.01. The van der Waals surface area contributed by atoms with Crippen molar-refractivity contribution in [1.82, 2.24) is 10.6 Å². The van der Waals surface area contributed by atoms with Gasteiger partial charge in [0.25, 0.3) is 0 Å². The molecule has 1 aliphatic rings. The number of aryl methyl sites for hydroxylation is 2. The summed E-state index contributed by atoms with van der Waals surface area (Å²) in [7, 11) is 0. The van der Waals surface area contributed by atoms with Gasteiger partial charge in [0.2, 0.25) is 11.8 Å². The average Bonchev–Trinajstić information content (AvgIpc) is 3.21. The van der Waals surface area contributed by atoms with Gasteiger partial charge in [0, 0.05) is 17.5 Å². The van der Waals surface area contributed by atoms with Crippen LogP contribution in [0.3, 0.4) is 0 Å². The van der Waals surface area contributed by atoms with E-state index >= 15 is 0 Å². The first kappa shape index (κ1) is 14.9. The highest BCUT2D eigenvalue weighted by Crippen LogP contribution is 2.18. The molecule has 4 nitrogen and oxygen atoms in total. The summed E-state index contributed by atoms with van der Waals surface area (Å²) >= 11 is 6.03. The molecule has 0 unspecified atom stereocenters. The van der Waals surface area contributed by atoms with E-state index in [4.69, 9.17) is 11.6 Å². The topological polar surface area (TPSA) is 58.2 Å². The Labute approximate surface area is 123 Å². The molecule has 1 saturated carbocycles. The summed E-state index contributed by atoms with van der Waals surface area (Å²) in [6.07, 6.45) is 3.08. The first-order chi connectivity index (χ1) is 9.54. The Morgan fingerprint density at radius 1 is 1.30 bits per heavy atom. The summed E-state index contributed by atoms with van der Waals surface area (Å²) in [6, 6.07) is 6.12. The van der Waals surface area contributed by atoms with E-state index in [-0.39, 0.29) is 18.4 Å². The van der Waals surface area contributed by atoms with Crippen molar-refractivity contribution in [2.24, 2.45) is 0 Å². The molecule has 0 bridgehead atoms. The fourth-order valence-electron chi connectivity index (χ4n) is 1.82. The Balaban J connectivity index is 1.68. The van der Waals surface area contributed by atoms with E-state index in [0.29, 0.717) is 23.9 Å². The van der Waals surface area contributed by atoms with Crippen molar-refractivity contribution in [2.45, 2.75) is 38.6 Å². The van der Waals surface area contributed by atoms with Crippen molar-refractivity contribution >= 4 is 23.4 Å². The largest absolute Gasteiger partial charge is 0.352 e. The molecule has 0 saturated heterocycles. The maximum atomic E-state index is 11.6. The van der Waals surface area contributed by atoms with Crippen LogP contribution < -0.4 is 10.6 Å². The zero-order valence-electron chi connectivity index (χ0n) is 11.5. The van der Waals surface area contributed by atoms with E-state index in [1.807, 2.05) is 25.1 Å². The van der Waals surface area contributed by atoms with Gasteiger partial charge in [0.05, 0.1) is 6.54 Å². The lowest BCUT2D eigenvalue weighted by Crippen LogP contribution is -2.37. The first-order valence-corrected chi connectivity index (χ1v) is 7.23. The second-order valence-electron chi connectivity index (χ2n) is 5.20. The van der Waals surface area contributed by atoms with E-state index in [2.05, 4.69) is 10.6 Å². The lowest BCUT2D eigenvalue weighted by Gasteiger charge is -2.07. The van der Waals surface area contributed by atoms with Gasteiger partial charge in [-0.25, -0.2) is 0 Å². The zero-order chi connectivity index (χ0) is 14.5. The number of amides is 2. The van der Waals surface area contributed by atoms with Crippen molar-refractivity contribution in [3.8, 4) is 0 Å². The van der Waals surface area contributed by atoms with Crippen LogP contribution in [-0.4, -0.2) is 24.4 Å². The third kappa shape index (κ3) is 4.85. The number of hydrogen-bond acceptors (Lipinski definition) is 2. The Hall–Kier alpha value is -1.55. The van der Waals surface area contributed by atoms with Crippen LogP contribution in [0.4, 0.5) is 0 Å². The lowest BCUT2D eigenvalue weighted by molar-refractivity contribution is -0.126. The number of halogens is 1. The van der Waals surface area contributed by atoms with Gasteiger partial charge < -0.3 is 10.6 Å². The molecule has 1 fully saturated rings. The maximum Gasteiger partial charge on any atom is 0.239 e. The van der Waals surface area contributed by atoms with Crippen LogP contribution in [0, 0.1) is 6.92 Å². The fraction of sp³-hybridized carbons (Fsp3) is 0.467. The molecule has 1 aromatic carbocycles. The fourth-order valence-corrected chi connectivity index (χ4v) is 2.03. The quantitative estimate of drug-likeness (QED) is 0.843. The summed E-state index contributed by atoms with van der Waals surface area (Å²) in [5.41, 5.74) is 2.05. The molecule has 1 aliphatic carbocycles. The van der Waals surface area contributed by atoms with Crippen molar-refractivity contribution < 1.29 is 9.59 Å². The molecule has 20 heavy (non-hydrogen) atoms. The molecule has 1 aromatic rings. The minimum atomic E-state index is -0.118. The highest BCUT2D eigenvalue weighted by Gasteiger charge is 2.23. The molecule has 108 valence electrons. The minimum Gasteiger partial charge on any atom is -0.352 e. The monoisotopic (exact) mass is 294 g/mol. The maximum absolute atomic E-state index is 11.6. The number of carbonyl (C=O) groups is 2. The van der Waals surface area contributed by atoms with Crippen molar-refractivity contribution in [3.63, 3.8) is 0 Å². The smallest absolute Gasteiger partial charge is 0.239 e. The van der Waals surface area contributed by atoms with Crippen LogP contribution in [0.15, 0.2) is 18.2 Å². The van der Waals surface area contributed by atoms with Gasteiger partial charge in [-0.05, 0) is 43.4 Å². The van der Waals surface area contributed by atoms with Gasteiger partial charge >= 0.3 is 0 Å². The second-order valence-corrected chi connectivity index (χ2v) is 5.61. The predicted octanol–water partition coefficient (Wildman–Crippen LogP) is 1.98. The Morgan fingerprint density at radius 2 is 2.05 bits per heavy atom. The molecular formula is C15H19ClN2O2. The molecule has 0 aromatic heterocycles. The van der Waals surface area contributed by atoms with Gasteiger partial charge in [0.1, 0.15) is 0 Å². The molecule has 0 spiro atoms. The highest BCUT2D eigenvalue weighted by atomic mass is 35.5. The van der Waals surface area contributed by atoms with Crippen LogP contribution in [-0.2, 0) is 16.0 Å². The summed E-state index contributed by atoms with van der Waals surface area (Å²) in [5.74, 6) is -0.230. The van der Waals surface area contributed by atoms with Crippen molar-refractivity contribution in [2.75, 3.05) is 6.54 Å². The van der Waals surface area contributed by atoms with Crippen LogP contribution in [0.5, 0.6) is 0 Å². The number of rotatable bonds is 6. The molecular weight excluding hydrogens is 276 g/mol. The molecule has 0 atom stereocenters. The third-order valence-corrected chi connectivity index (χ3v) is 3.67. The van der Waals surface area contributed by atoms with Gasteiger partial charge in [-0.1, -0.05) is 23.7 Å². The van der Waals surface area contributed by atoms with E-state index in [9.17, 15) is 9.59 Å². The highest BCUT2D eigenvalue weighted by molar-refractivity contribution is 6.31. The second kappa shape index (κ2) is 6.75. The number of benzene rings is 1. The molecule has 2 amide bonds. The van der Waals surface area contributed by atoms with E-state index < -0.39 is 0 Å². The van der Waals surface area contributed by atoms with Crippen LogP contribution in [0.2, 0.25) is 5.02 Å². The van der Waals surface area contributed by atoms with Crippen LogP contribution in [0.25, 0.3) is 0 Å². The zero-order valence-corrected chi connectivity index (χ0v) is 12.3. The number of nitrogens with one attached hydrogen (secondary N) is 2. The molecule has 0 radical (unpaired) electrons. The van der Waals surface area contributed by atoms with Crippen molar-refractivity contribution in [1.29, 1.82) is 0 Å². The third-order valence-electron chi connectivity index (χ3n) is 3.27. The van der Waals surface area contributed by atoms with Gasteiger partial charge in [-0.15, -0.1) is 0 Å². The summed E-state index contributed by atoms with van der Waals surface area (Å²) < 4.78 is 0. The standard InChI is InChI=1S/C15H19ClN2O2/c1-10-2-3-11(8-13(10)16)4-7-14(19)17-9-15(20)18-12-5-6-12/h2-3,8,12H,4-7,9H2,1H3,(H,17,19)(H,18,20). The molecule has 0 heterocycles. The normalized spacial score (nSPS) is 13.9. The van der Waals surface area contributed by atoms with Crippen LogP contribution >= 0.6 is 11.6 Å². The number of hydrogen-bond donors (Lipinski definition) is 2. The molecule has 2 N–H and O–H groups in total. The molecule has 2 rings (SSSR count). The van der Waals surface area contributed by atoms with Gasteiger partial charge in [-0.2, -0.15) is 0 Å². The lowest BCUT2D eigenvalue weighted by atomic mass is 10.1. The predicted molar refractivity (Wildman–Crippen MR) is 78.7 cm³/mol. The van der Waals surface area contributed by atoms with Gasteiger partial charge in [-0.3, -0.25) is 9.59 Å². The van der Waals surface area contributed by atoms with Crippen molar-refractivity contribution in [3.05, 3.63) is 34.3 Å². The van der Waals surface area contributed by atoms with Crippen LogP contribution in [0.1, 0.15) is 30.4 Å². The number of carbonyl (C=O) groups excluding carboxylic acids is 2.